The zero-order chi connectivity index (χ0) is 58.1. The molecule has 15 rings (SSSR count). The molecule has 0 amide bonds. The molecule has 0 saturated heterocycles. The molecule has 2 heterocycles. The van der Waals surface area contributed by atoms with Gasteiger partial charge in [0.05, 0.1) is 0 Å². The third-order valence-electron chi connectivity index (χ3n) is 18.4. The summed E-state index contributed by atoms with van der Waals surface area (Å²) < 4.78 is 0. The molecule has 0 unspecified atom stereocenters. The van der Waals surface area contributed by atoms with Gasteiger partial charge in [0.15, 0.2) is 0 Å². The standard InChI is InChI=1S/C82H69BN2/c1-80(2,3)64-35-27-57(28-36-64)62-49-75-79-76(50-62)85(68-39-31-56(32-40-68)53-21-15-11-16-22-53)74-48-58(54-23-17-12-18-24-54)33-41-71(74)83(79)72-47-59(34-42-73(72)84(75)67-37-29-55(30-38-67)52-19-13-10-14-20-52)69-46-63-45-65(81(4,5)6)43-60-25-26-61-44-66(82(7,8)9)51-70(69)78(61)77(60)63/h10-51H,1-9H3. The first kappa shape index (κ1) is 52.4. The Labute approximate surface area is 502 Å². The minimum absolute atomic E-state index is 0.0168. The fraction of sp³-hybridized carbons (Fsp3) is 0.146. The molecular formula is C82H69BN2. The molecule has 13 aromatic carbocycles. The first-order valence-corrected chi connectivity index (χ1v) is 30.3. The average Bonchev–Trinajstić information content (AvgIpc) is 0.860. The summed E-state index contributed by atoms with van der Waals surface area (Å²) in [4.78, 5) is 5.16. The van der Waals surface area contributed by atoms with Crippen LogP contribution in [-0.2, 0) is 16.2 Å². The van der Waals surface area contributed by atoms with E-state index in [1.54, 1.807) is 0 Å². The summed E-state index contributed by atoms with van der Waals surface area (Å²) in [5.74, 6) is 0. The molecular weight excluding hydrogens is 1020 g/mol. The lowest BCUT2D eigenvalue weighted by molar-refractivity contribution is 0.590. The smallest absolute Gasteiger partial charge is 0.252 e. The molecule has 0 atom stereocenters. The van der Waals surface area contributed by atoms with Crippen molar-refractivity contribution in [1.82, 2.24) is 0 Å². The van der Waals surface area contributed by atoms with Crippen molar-refractivity contribution in [2.75, 3.05) is 9.80 Å². The lowest BCUT2D eigenvalue weighted by Gasteiger charge is -2.44. The van der Waals surface area contributed by atoms with Crippen LogP contribution in [0.3, 0.4) is 0 Å². The summed E-state index contributed by atoms with van der Waals surface area (Å²) in [5, 5.41) is 7.88. The summed E-state index contributed by atoms with van der Waals surface area (Å²) in [7, 11) is 0. The summed E-state index contributed by atoms with van der Waals surface area (Å²) in [6.07, 6.45) is 0. The van der Waals surface area contributed by atoms with Gasteiger partial charge in [-0.2, -0.15) is 0 Å². The zero-order valence-electron chi connectivity index (χ0n) is 50.2. The van der Waals surface area contributed by atoms with Gasteiger partial charge in [-0.25, -0.2) is 0 Å². The Balaban J connectivity index is 1.04. The molecule has 410 valence electrons. The molecule has 85 heavy (non-hydrogen) atoms. The minimum atomic E-state index is -0.120. The number of hydrogen-bond acceptors (Lipinski definition) is 2. The summed E-state index contributed by atoms with van der Waals surface area (Å²) in [6.45, 7) is 20.8. The fourth-order valence-corrected chi connectivity index (χ4v) is 13.8. The number of rotatable bonds is 7. The number of benzene rings is 13. The highest BCUT2D eigenvalue weighted by Crippen LogP contribution is 2.50. The molecule has 2 aliphatic rings. The van der Waals surface area contributed by atoms with Crippen LogP contribution >= 0.6 is 0 Å². The Morgan fingerprint density at radius 1 is 0.271 bits per heavy atom. The van der Waals surface area contributed by atoms with Gasteiger partial charge in [0.1, 0.15) is 0 Å². The summed E-state index contributed by atoms with van der Waals surface area (Å²) in [6, 6.07) is 97.1. The molecule has 0 aromatic heterocycles. The van der Waals surface area contributed by atoms with Crippen LogP contribution in [0.2, 0.25) is 0 Å². The molecule has 0 N–H and O–H groups in total. The van der Waals surface area contributed by atoms with E-state index in [0.717, 1.165) is 11.4 Å². The monoisotopic (exact) mass is 1090 g/mol. The van der Waals surface area contributed by atoms with Gasteiger partial charge in [-0.1, -0.05) is 256 Å². The molecule has 13 aromatic rings. The molecule has 0 radical (unpaired) electrons. The number of hydrogen-bond donors (Lipinski definition) is 0. The number of fused-ring (bicyclic) bond motifs is 4. The van der Waals surface area contributed by atoms with Crippen LogP contribution in [0, 0.1) is 0 Å². The molecule has 2 nitrogen and oxygen atoms in total. The van der Waals surface area contributed by atoms with Crippen LogP contribution in [0.15, 0.2) is 255 Å². The Kier molecular flexibility index (Phi) is 12.1. The van der Waals surface area contributed by atoms with Crippen LogP contribution < -0.4 is 26.2 Å². The van der Waals surface area contributed by atoms with E-state index in [-0.39, 0.29) is 23.0 Å². The van der Waals surface area contributed by atoms with E-state index in [2.05, 4.69) is 327 Å². The topological polar surface area (TPSA) is 6.48 Å². The lowest BCUT2D eigenvalue weighted by Crippen LogP contribution is -2.61. The fourth-order valence-electron chi connectivity index (χ4n) is 13.8. The van der Waals surface area contributed by atoms with Crippen molar-refractivity contribution in [3.63, 3.8) is 0 Å². The summed E-state index contributed by atoms with van der Waals surface area (Å²) >= 11 is 0. The van der Waals surface area contributed by atoms with Gasteiger partial charge in [0.25, 0.3) is 6.71 Å². The van der Waals surface area contributed by atoms with Gasteiger partial charge < -0.3 is 9.80 Å². The van der Waals surface area contributed by atoms with E-state index in [4.69, 9.17) is 0 Å². The van der Waals surface area contributed by atoms with E-state index in [1.165, 1.54) is 144 Å². The maximum atomic E-state index is 2.58. The summed E-state index contributed by atoms with van der Waals surface area (Å²) in [5.41, 5.74) is 26.7. The highest BCUT2D eigenvalue weighted by molar-refractivity contribution is 7.00. The predicted octanol–water partition coefficient (Wildman–Crippen LogP) is 20.9. The average molecular weight is 1090 g/mol. The van der Waals surface area contributed by atoms with Crippen molar-refractivity contribution in [3.8, 4) is 55.6 Å². The minimum Gasteiger partial charge on any atom is -0.311 e. The van der Waals surface area contributed by atoms with Gasteiger partial charge in [0, 0.05) is 34.1 Å². The Hall–Kier alpha value is -9.44. The molecule has 2 aliphatic heterocycles. The first-order valence-electron chi connectivity index (χ1n) is 30.3. The third kappa shape index (κ3) is 8.94. The Morgan fingerprint density at radius 2 is 0.694 bits per heavy atom. The molecule has 0 bridgehead atoms. The van der Waals surface area contributed by atoms with Crippen molar-refractivity contribution >= 4 is 89.5 Å². The number of anilines is 6. The second kappa shape index (κ2) is 19.6. The molecule has 3 heteroatoms. The Bertz CT molecular complexity index is 4710. The molecule has 0 spiro atoms. The van der Waals surface area contributed by atoms with E-state index in [0.29, 0.717) is 0 Å². The van der Waals surface area contributed by atoms with Gasteiger partial charge >= 0.3 is 0 Å². The van der Waals surface area contributed by atoms with Gasteiger partial charge in [-0.3, -0.25) is 0 Å². The van der Waals surface area contributed by atoms with Crippen LogP contribution in [0.25, 0.3) is 88.0 Å². The molecule has 0 saturated carbocycles. The quantitative estimate of drug-likeness (QED) is 0.116. The molecule has 0 aliphatic carbocycles. The van der Waals surface area contributed by atoms with Crippen molar-refractivity contribution in [2.45, 2.75) is 78.6 Å². The van der Waals surface area contributed by atoms with E-state index in [1.807, 2.05) is 0 Å². The van der Waals surface area contributed by atoms with Gasteiger partial charge in [-0.05, 0) is 198 Å². The first-order chi connectivity index (χ1) is 41.0. The highest BCUT2D eigenvalue weighted by Gasteiger charge is 2.44. The van der Waals surface area contributed by atoms with Crippen LogP contribution in [-0.4, -0.2) is 6.71 Å². The molecule has 0 fully saturated rings. The van der Waals surface area contributed by atoms with E-state index in [9.17, 15) is 0 Å². The normalized spacial score (nSPS) is 13.2. The largest absolute Gasteiger partial charge is 0.311 e. The second-order valence-electron chi connectivity index (χ2n) is 27.0. The third-order valence-corrected chi connectivity index (χ3v) is 18.4. The zero-order valence-corrected chi connectivity index (χ0v) is 50.2. The van der Waals surface area contributed by atoms with Crippen molar-refractivity contribution in [2.24, 2.45) is 0 Å². The van der Waals surface area contributed by atoms with Crippen molar-refractivity contribution < 1.29 is 0 Å². The van der Waals surface area contributed by atoms with Crippen LogP contribution in [0.5, 0.6) is 0 Å². The van der Waals surface area contributed by atoms with E-state index >= 15 is 0 Å². The van der Waals surface area contributed by atoms with Crippen molar-refractivity contribution in [1.29, 1.82) is 0 Å². The van der Waals surface area contributed by atoms with Crippen LogP contribution in [0.4, 0.5) is 34.1 Å². The van der Waals surface area contributed by atoms with E-state index < -0.39 is 0 Å². The Morgan fingerprint density at radius 3 is 1.24 bits per heavy atom. The van der Waals surface area contributed by atoms with Crippen LogP contribution in [0.1, 0.15) is 79.0 Å². The highest BCUT2D eigenvalue weighted by atomic mass is 15.2. The van der Waals surface area contributed by atoms with Gasteiger partial charge in [-0.15, -0.1) is 0 Å². The predicted molar refractivity (Wildman–Crippen MR) is 367 cm³/mol. The second-order valence-corrected chi connectivity index (χ2v) is 27.0. The maximum Gasteiger partial charge on any atom is 0.252 e. The SMILES string of the molecule is CC(C)(C)c1ccc(-c2cc3c4c(c2)N(c2ccc(-c5ccccc5)cc2)c2cc(-c5ccccc5)ccc2B4c2cc(-c4cc5cc(C(C)(C)C)cc6ccc7cc(C(C)(C)C)cc4c7c65)ccc2N3c2ccc(-c3ccccc3)cc2)cc1. The lowest BCUT2D eigenvalue weighted by atomic mass is 9.33. The van der Waals surface area contributed by atoms with Crippen molar-refractivity contribution in [3.05, 3.63) is 271 Å². The van der Waals surface area contributed by atoms with Gasteiger partial charge in [0.2, 0.25) is 0 Å². The maximum absolute atomic E-state index is 2.58. The number of nitrogens with zero attached hydrogens (tertiary/aromatic N) is 2.